The van der Waals surface area contributed by atoms with Crippen LogP contribution in [0.5, 0.6) is 0 Å². The van der Waals surface area contributed by atoms with Crippen LogP contribution in [0.25, 0.3) is 0 Å². The van der Waals surface area contributed by atoms with E-state index in [4.69, 9.17) is 5.11 Å². The van der Waals surface area contributed by atoms with Gasteiger partial charge in [0.1, 0.15) is 5.25 Å². The molecule has 0 radical (unpaired) electrons. The second-order valence-electron chi connectivity index (χ2n) is 6.01. The highest BCUT2D eigenvalue weighted by Crippen LogP contribution is 2.31. The first-order valence-corrected chi connectivity index (χ1v) is 9.92. The van der Waals surface area contributed by atoms with Crippen LogP contribution in [0, 0.1) is 0 Å². The predicted octanol–water partition coefficient (Wildman–Crippen LogP) is 3.74. The van der Waals surface area contributed by atoms with Crippen LogP contribution in [0.4, 0.5) is 11.4 Å². The molecule has 0 saturated carbocycles. The molecule has 3 rings (SSSR count). The number of carboxylic acid groups (broad SMARTS) is 1. The van der Waals surface area contributed by atoms with Gasteiger partial charge in [0, 0.05) is 23.6 Å². The highest BCUT2D eigenvalue weighted by molar-refractivity contribution is 9.10. The summed E-state index contributed by atoms with van der Waals surface area (Å²) in [6.07, 6.45) is -0.00607. The van der Waals surface area contributed by atoms with Gasteiger partial charge in [-0.15, -0.1) is 0 Å². The monoisotopic (exact) mass is 461 g/mol. The molecule has 1 saturated heterocycles. The topological polar surface area (TPSA) is 99.1 Å². The van der Waals surface area contributed by atoms with Gasteiger partial charge in [-0.1, -0.05) is 27.7 Å². The van der Waals surface area contributed by atoms with Gasteiger partial charge < -0.3 is 10.4 Å². The molecule has 1 aliphatic heterocycles. The molecule has 1 unspecified atom stereocenters. The maximum atomic E-state index is 12.4. The van der Waals surface area contributed by atoms with Crippen LogP contribution in [0.1, 0.15) is 16.8 Å². The number of hydrogen-bond donors (Lipinski definition) is 2. The fourth-order valence-electron chi connectivity index (χ4n) is 2.50. The van der Waals surface area contributed by atoms with Crippen LogP contribution >= 0.6 is 27.7 Å². The SMILES string of the molecule is CN1C(=O)C(CC(=O)Nc2ccc(C(=O)O)cc2)SC1=Nc1ccc(Br)cc1. The van der Waals surface area contributed by atoms with E-state index >= 15 is 0 Å². The fraction of sp³-hybridized carbons (Fsp3) is 0.158. The number of carbonyl (C=O) groups is 3. The second-order valence-corrected chi connectivity index (χ2v) is 8.09. The Hall–Kier alpha value is -2.65. The van der Waals surface area contributed by atoms with Gasteiger partial charge in [-0.05, 0) is 48.5 Å². The zero-order chi connectivity index (χ0) is 20.3. The largest absolute Gasteiger partial charge is 0.478 e. The van der Waals surface area contributed by atoms with Crippen molar-refractivity contribution in [2.45, 2.75) is 11.7 Å². The summed E-state index contributed by atoms with van der Waals surface area (Å²) in [7, 11) is 1.63. The molecule has 0 aromatic heterocycles. The van der Waals surface area contributed by atoms with Gasteiger partial charge >= 0.3 is 5.97 Å². The number of anilines is 1. The number of aliphatic imine (C=N–C) groups is 1. The Labute approximate surface area is 174 Å². The van der Waals surface area contributed by atoms with E-state index in [1.807, 2.05) is 24.3 Å². The smallest absolute Gasteiger partial charge is 0.335 e. The molecule has 28 heavy (non-hydrogen) atoms. The maximum absolute atomic E-state index is 12.4. The molecule has 1 atom stereocenters. The lowest BCUT2D eigenvalue weighted by molar-refractivity contribution is -0.127. The summed E-state index contributed by atoms with van der Waals surface area (Å²) < 4.78 is 0.936. The molecule has 144 valence electrons. The number of amides is 2. The number of halogens is 1. The Morgan fingerprint density at radius 1 is 1.18 bits per heavy atom. The number of carbonyl (C=O) groups excluding carboxylic acids is 2. The van der Waals surface area contributed by atoms with Gasteiger partial charge in [0.05, 0.1) is 11.3 Å². The lowest BCUT2D eigenvalue weighted by Gasteiger charge is -2.09. The lowest BCUT2D eigenvalue weighted by Crippen LogP contribution is -2.30. The quantitative estimate of drug-likeness (QED) is 0.706. The highest BCUT2D eigenvalue weighted by Gasteiger charge is 2.37. The van der Waals surface area contributed by atoms with Crippen LogP contribution < -0.4 is 5.32 Å². The third kappa shape index (κ3) is 4.79. The second kappa shape index (κ2) is 8.57. The summed E-state index contributed by atoms with van der Waals surface area (Å²) in [6.45, 7) is 0. The number of carboxylic acids is 1. The minimum Gasteiger partial charge on any atom is -0.478 e. The van der Waals surface area contributed by atoms with E-state index in [0.717, 1.165) is 4.47 Å². The molecule has 7 nitrogen and oxygen atoms in total. The normalized spacial score (nSPS) is 17.8. The van der Waals surface area contributed by atoms with Gasteiger partial charge in [0.2, 0.25) is 11.8 Å². The summed E-state index contributed by atoms with van der Waals surface area (Å²) in [5.41, 5.74) is 1.33. The van der Waals surface area contributed by atoms with E-state index in [1.165, 1.54) is 40.9 Å². The van der Waals surface area contributed by atoms with Crippen molar-refractivity contribution < 1.29 is 19.5 Å². The van der Waals surface area contributed by atoms with E-state index in [0.29, 0.717) is 16.5 Å². The van der Waals surface area contributed by atoms with Gasteiger partial charge in [-0.25, -0.2) is 9.79 Å². The van der Waals surface area contributed by atoms with Crippen molar-refractivity contribution in [3.63, 3.8) is 0 Å². The Morgan fingerprint density at radius 2 is 1.82 bits per heavy atom. The van der Waals surface area contributed by atoms with Crippen molar-refractivity contribution in [2.24, 2.45) is 4.99 Å². The average Bonchev–Trinajstić information content (AvgIpc) is 2.92. The molecule has 1 aliphatic rings. The van der Waals surface area contributed by atoms with Crippen LogP contribution in [0.3, 0.4) is 0 Å². The molecule has 2 N–H and O–H groups in total. The summed E-state index contributed by atoms with van der Waals surface area (Å²) in [5.74, 6) is -1.55. The van der Waals surface area contributed by atoms with Crippen LogP contribution in [-0.4, -0.2) is 45.3 Å². The molecule has 2 aromatic rings. The summed E-state index contributed by atoms with van der Waals surface area (Å²) >= 11 is 4.61. The van der Waals surface area contributed by atoms with Crippen molar-refractivity contribution in [1.29, 1.82) is 0 Å². The number of nitrogens with zero attached hydrogens (tertiary/aromatic N) is 2. The average molecular weight is 462 g/mol. The molecule has 1 heterocycles. The summed E-state index contributed by atoms with van der Waals surface area (Å²) in [6, 6.07) is 13.2. The van der Waals surface area contributed by atoms with Gasteiger partial charge in [0.25, 0.3) is 0 Å². The van der Waals surface area contributed by atoms with Crippen molar-refractivity contribution in [2.75, 3.05) is 12.4 Å². The van der Waals surface area contributed by atoms with E-state index in [-0.39, 0.29) is 23.8 Å². The lowest BCUT2D eigenvalue weighted by atomic mass is 10.2. The molecule has 1 fully saturated rings. The molecule has 9 heteroatoms. The van der Waals surface area contributed by atoms with Gasteiger partial charge in [0.15, 0.2) is 5.17 Å². The molecular formula is C19H16BrN3O4S. The van der Waals surface area contributed by atoms with E-state index < -0.39 is 11.2 Å². The van der Waals surface area contributed by atoms with Crippen molar-refractivity contribution in [3.8, 4) is 0 Å². The number of rotatable bonds is 5. The van der Waals surface area contributed by atoms with Crippen LogP contribution in [0.2, 0.25) is 0 Å². The Kier molecular flexibility index (Phi) is 6.15. The molecule has 2 amide bonds. The first-order chi connectivity index (χ1) is 13.3. The number of amidine groups is 1. The summed E-state index contributed by atoms with van der Waals surface area (Å²) in [5, 5.41) is 11.6. The Bertz CT molecular complexity index is 945. The minimum atomic E-state index is -1.04. The predicted molar refractivity (Wildman–Crippen MR) is 112 cm³/mol. The molecule has 0 aliphatic carbocycles. The highest BCUT2D eigenvalue weighted by atomic mass is 79.9. The number of nitrogens with one attached hydrogen (secondary N) is 1. The Morgan fingerprint density at radius 3 is 2.43 bits per heavy atom. The zero-order valence-electron chi connectivity index (χ0n) is 14.8. The summed E-state index contributed by atoms with van der Waals surface area (Å²) in [4.78, 5) is 41.5. The molecular weight excluding hydrogens is 446 g/mol. The number of benzene rings is 2. The van der Waals surface area contributed by atoms with Crippen LogP contribution in [-0.2, 0) is 9.59 Å². The third-order valence-corrected chi connectivity index (χ3v) is 5.74. The first-order valence-electron chi connectivity index (χ1n) is 8.25. The molecule has 2 aromatic carbocycles. The van der Waals surface area contributed by atoms with E-state index in [9.17, 15) is 14.4 Å². The van der Waals surface area contributed by atoms with Gasteiger partial charge in [-0.2, -0.15) is 0 Å². The molecule has 0 spiro atoms. The zero-order valence-corrected chi connectivity index (χ0v) is 17.2. The van der Waals surface area contributed by atoms with Crippen LogP contribution in [0.15, 0.2) is 58.0 Å². The molecule has 0 bridgehead atoms. The van der Waals surface area contributed by atoms with Crippen molar-refractivity contribution in [1.82, 2.24) is 4.90 Å². The minimum absolute atomic E-state index is 0.00607. The van der Waals surface area contributed by atoms with E-state index in [2.05, 4.69) is 26.2 Å². The first kappa shape index (κ1) is 20.1. The standard InChI is InChI=1S/C19H16BrN3O4S/c1-23-17(25)15(28-19(23)22-14-8-4-12(20)5-9-14)10-16(24)21-13-6-2-11(3-7-13)18(26)27/h2-9,15H,10H2,1H3,(H,21,24)(H,26,27). The van der Waals surface area contributed by atoms with E-state index in [1.54, 1.807) is 7.05 Å². The van der Waals surface area contributed by atoms with Crippen molar-refractivity contribution >= 4 is 62.0 Å². The van der Waals surface area contributed by atoms with Gasteiger partial charge in [-0.3, -0.25) is 14.5 Å². The third-order valence-electron chi connectivity index (χ3n) is 3.98. The maximum Gasteiger partial charge on any atom is 0.335 e. The number of hydrogen-bond acceptors (Lipinski definition) is 5. The fourth-order valence-corrected chi connectivity index (χ4v) is 3.92. The number of aromatic carboxylic acids is 1. The number of thioether (sulfide) groups is 1. The van der Waals surface area contributed by atoms with Crippen molar-refractivity contribution in [3.05, 3.63) is 58.6 Å². The Balaban J connectivity index is 1.63.